The number of piperazine rings is 1. The van der Waals surface area contributed by atoms with Crippen LogP contribution < -0.4 is 46.3 Å². The Morgan fingerprint density at radius 3 is 1.75 bits per heavy atom. The van der Waals surface area contributed by atoms with Gasteiger partial charge in [-0.05, 0) is 66.2 Å². The highest BCUT2D eigenvalue weighted by atomic mass is 16.5. The Morgan fingerprint density at radius 2 is 1.22 bits per heavy atom. The largest absolute Gasteiger partial charge is 0.495 e. The third kappa shape index (κ3) is 11.4. The summed E-state index contributed by atoms with van der Waals surface area (Å²) in [5.74, 6) is 1.69. The quantitative estimate of drug-likeness (QED) is 0.0567. The van der Waals surface area contributed by atoms with Crippen molar-refractivity contribution in [1.29, 1.82) is 0 Å². The maximum atomic E-state index is 11.7. The molecule has 4 aromatic carbocycles. The number of fused-ring (bicyclic) bond motifs is 2. The van der Waals surface area contributed by atoms with E-state index in [2.05, 4.69) is 76.0 Å². The topological polar surface area (TPSA) is 215 Å². The van der Waals surface area contributed by atoms with Crippen LogP contribution in [0.4, 0.5) is 40.3 Å². The zero-order valence-electron chi connectivity index (χ0n) is 39.8. The molecule has 2 aliphatic heterocycles. The summed E-state index contributed by atoms with van der Waals surface area (Å²) in [5, 5.41) is 20.6. The van der Waals surface area contributed by atoms with Crippen LogP contribution in [0.1, 0.15) is 11.7 Å². The lowest BCUT2D eigenvalue weighted by Crippen LogP contribution is -2.43. The molecule has 6 heterocycles. The predicted octanol–water partition coefficient (Wildman–Crippen LogP) is 8.21. The van der Waals surface area contributed by atoms with E-state index in [-0.39, 0.29) is 17.9 Å². The molecule has 10 rings (SSSR count). The number of carbonyl (C=O) groups is 2. The Balaban J connectivity index is 0.000000178. The minimum atomic E-state index is -0.287. The van der Waals surface area contributed by atoms with Crippen molar-refractivity contribution in [3.05, 3.63) is 153 Å². The highest BCUT2D eigenvalue weighted by Gasteiger charge is 2.19. The van der Waals surface area contributed by atoms with Crippen molar-refractivity contribution in [2.24, 2.45) is 0 Å². The molecule has 6 N–H and O–H groups in total. The maximum Gasteiger partial charge on any atom is 0.247 e. The molecule has 0 saturated carbocycles. The second-order valence-corrected chi connectivity index (χ2v) is 16.5. The van der Waals surface area contributed by atoms with Crippen molar-refractivity contribution in [1.82, 2.24) is 40.5 Å². The first-order valence-electron chi connectivity index (χ1n) is 23.3. The number of rotatable bonds is 14. The molecule has 2 saturated heterocycles. The Bertz CT molecular complexity index is 3050. The zero-order valence-corrected chi connectivity index (χ0v) is 39.8. The molecule has 0 bridgehead atoms. The fraction of sp³-hybridized carbons (Fsp3) is 0.185. The van der Waals surface area contributed by atoms with Crippen LogP contribution in [0.2, 0.25) is 0 Å². The van der Waals surface area contributed by atoms with Crippen LogP contribution in [0.5, 0.6) is 11.5 Å². The van der Waals surface area contributed by atoms with Gasteiger partial charge in [0, 0.05) is 109 Å². The fourth-order valence-corrected chi connectivity index (χ4v) is 8.28. The first kappa shape index (κ1) is 48.2. The van der Waals surface area contributed by atoms with Gasteiger partial charge in [-0.3, -0.25) is 19.6 Å². The van der Waals surface area contributed by atoms with Crippen LogP contribution >= 0.6 is 0 Å². The summed E-state index contributed by atoms with van der Waals surface area (Å²) in [4.78, 5) is 53.4. The summed E-state index contributed by atoms with van der Waals surface area (Å²) in [7, 11) is 3.29. The number of para-hydroxylation sites is 2. The van der Waals surface area contributed by atoms with Gasteiger partial charge in [0.1, 0.15) is 11.5 Å². The highest BCUT2D eigenvalue weighted by molar-refractivity contribution is 6.01. The van der Waals surface area contributed by atoms with Crippen LogP contribution in [0.25, 0.3) is 44.3 Å². The molecule has 72 heavy (non-hydrogen) atoms. The molecule has 2 amide bonds. The Hall–Kier alpha value is -8.84. The van der Waals surface area contributed by atoms with Crippen LogP contribution in [0, 0.1) is 0 Å². The number of anilines is 7. The third-order valence-electron chi connectivity index (χ3n) is 11.9. The molecule has 8 aromatic rings. The van der Waals surface area contributed by atoms with Gasteiger partial charge in [0.2, 0.25) is 23.7 Å². The standard InChI is InChI=1S/C27H27N7O2.C27H26N6O3/c1-3-25(35)31-19-9-10-29-23(15-19)21-6-4-5-18-17-30-27(33-26(18)21)32-22-8-7-20(16-24(22)36-2)34-13-11-28-12-14-34;1-3-25(34)31-19-9-10-29-22(14-19)20-6-4-5-18-15-30-27(33-26(18)20)32-21-8-7-17(13-23(21)35-2)24-16-28-11-12-36-24/h3-10,15-17,28H,1,11-14H2,2H3,(H,29,31,35)(H,30,32,33);3-10,13-15,24,28H,1,11-12,16H2,2H3,(H,29,31,34)(H,30,32,33). The second kappa shape index (κ2) is 22.7. The van der Waals surface area contributed by atoms with Crippen molar-refractivity contribution in [3.8, 4) is 34.0 Å². The number of hydrogen-bond acceptors (Lipinski definition) is 16. The highest BCUT2D eigenvalue weighted by Crippen LogP contribution is 2.35. The van der Waals surface area contributed by atoms with Gasteiger partial charge in [0.15, 0.2) is 0 Å². The van der Waals surface area contributed by atoms with E-state index in [1.165, 1.54) is 12.2 Å². The molecule has 2 aliphatic rings. The molecule has 1 unspecified atom stereocenters. The molecular formula is C54H53N13O5. The number of methoxy groups -OCH3 is 2. The fourth-order valence-electron chi connectivity index (χ4n) is 8.28. The number of ether oxygens (including phenoxy) is 3. The van der Waals surface area contributed by atoms with E-state index in [0.29, 0.717) is 47.0 Å². The number of nitrogens with one attached hydrogen (secondary N) is 6. The number of hydrogen-bond donors (Lipinski definition) is 6. The minimum absolute atomic E-state index is 0.0132. The monoisotopic (exact) mass is 963 g/mol. The van der Waals surface area contributed by atoms with Crippen molar-refractivity contribution in [2.75, 3.05) is 86.3 Å². The lowest BCUT2D eigenvalue weighted by atomic mass is 10.1. The summed E-state index contributed by atoms with van der Waals surface area (Å²) >= 11 is 0. The lowest BCUT2D eigenvalue weighted by Gasteiger charge is -2.30. The normalized spacial score (nSPS) is 14.3. The number of aromatic nitrogens is 6. The van der Waals surface area contributed by atoms with Crippen LogP contribution in [-0.2, 0) is 14.3 Å². The van der Waals surface area contributed by atoms with Crippen molar-refractivity contribution in [2.45, 2.75) is 6.10 Å². The number of pyridine rings is 2. The average molecular weight is 964 g/mol. The van der Waals surface area contributed by atoms with Gasteiger partial charge < -0.3 is 51.0 Å². The molecule has 4 aromatic heterocycles. The first-order chi connectivity index (χ1) is 35.3. The molecule has 2 fully saturated rings. The van der Waals surface area contributed by atoms with E-state index < -0.39 is 0 Å². The smallest absolute Gasteiger partial charge is 0.247 e. The number of carbonyl (C=O) groups excluding carboxylic acids is 2. The van der Waals surface area contributed by atoms with E-state index >= 15 is 0 Å². The summed E-state index contributed by atoms with van der Waals surface area (Å²) in [6, 6.07) is 30.7. The number of benzene rings is 4. The maximum absolute atomic E-state index is 11.7. The number of nitrogens with zero attached hydrogens (tertiary/aromatic N) is 7. The van der Waals surface area contributed by atoms with E-state index in [0.717, 1.165) is 101 Å². The Kier molecular flexibility index (Phi) is 15.2. The van der Waals surface area contributed by atoms with Gasteiger partial charge in [-0.15, -0.1) is 0 Å². The summed E-state index contributed by atoms with van der Waals surface area (Å²) in [5.41, 5.74) is 9.41. The van der Waals surface area contributed by atoms with Gasteiger partial charge in [-0.25, -0.2) is 19.9 Å². The molecule has 1 atom stereocenters. The van der Waals surface area contributed by atoms with Gasteiger partial charge >= 0.3 is 0 Å². The summed E-state index contributed by atoms with van der Waals surface area (Å²) in [6.07, 6.45) is 9.28. The molecule has 0 aliphatic carbocycles. The molecule has 18 nitrogen and oxygen atoms in total. The summed E-state index contributed by atoms with van der Waals surface area (Å²) < 4.78 is 17.2. The van der Waals surface area contributed by atoms with Crippen LogP contribution in [0.3, 0.4) is 0 Å². The van der Waals surface area contributed by atoms with Gasteiger partial charge in [0.05, 0.1) is 60.7 Å². The van der Waals surface area contributed by atoms with Gasteiger partial charge in [-0.1, -0.05) is 55.6 Å². The molecule has 0 spiro atoms. The van der Waals surface area contributed by atoms with Gasteiger partial charge in [-0.2, -0.15) is 0 Å². The SMILES string of the molecule is C=CC(=O)Nc1ccnc(-c2cccc3cnc(Nc4ccc(C5CNCCO5)cc4OC)nc23)c1.C=CC(=O)Nc1ccnc(-c2cccc3cnc(Nc4ccc(N5CCNCC5)cc4OC)nc23)c1. The minimum Gasteiger partial charge on any atom is -0.495 e. The number of amides is 2. The first-order valence-corrected chi connectivity index (χ1v) is 23.3. The number of morpholine rings is 1. The van der Waals surface area contributed by atoms with Crippen LogP contribution in [0.15, 0.2) is 147 Å². The van der Waals surface area contributed by atoms with E-state index in [4.69, 9.17) is 24.2 Å². The molecule has 364 valence electrons. The summed E-state index contributed by atoms with van der Waals surface area (Å²) in [6.45, 7) is 13.1. The molecule has 0 radical (unpaired) electrons. The molecular weight excluding hydrogens is 911 g/mol. The Morgan fingerprint density at radius 1 is 0.667 bits per heavy atom. The second-order valence-electron chi connectivity index (χ2n) is 16.5. The predicted molar refractivity (Wildman–Crippen MR) is 282 cm³/mol. The van der Waals surface area contributed by atoms with E-state index in [1.807, 2.05) is 72.8 Å². The van der Waals surface area contributed by atoms with Crippen molar-refractivity contribution < 1.29 is 23.8 Å². The van der Waals surface area contributed by atoms with Crippen LogP contribution in [-0.4, -0.2) is 102 Å². The molecule has 18 heteroatoms. The van der Waals surface area contributed by atoms with E-state index in [1.54, 1.807) is 57.2 Å². The average Bonchev–Trinajstić information content (AvgIpc) is 3.43. The lowest BCUT2D eigenvalue weighted by molar-refractivity contribution is -0.112. The van der Waals surface area contributed by atoms with Crippen molar-refractivity contribution in [3.63, 3.8) is 0 Å². The Labute approximate surface area is 416 Å². The van der Waals surface area contributed by atoms with E-state index in [9.17, 15) is 9.59 Å². The van der Waals surface area contributed by atoms with Gasteiger partial charge in [0.25, 0.3) is 0 Å². The van der Waals surface area contributed by atoms with Crippen molar-refractivity contribution >= 4 is 74.0 Å². The third-order valence-corrected chi connectivity index (χ3v) is 11.9. The zero-order chi connectivity index (χ0) is 49.8.